The number of carbonyl (C=O) groups excluding carboxylic acids is 8. The molecule has 0 saturated carbocycles. The van der Waals surface area contributed by atoms with Crippen LogP contribution in [0.1, 0.15) is 75.3 Å². The van der Waals surface area contributed by atoms with Crippen LogP contribution in [0.3, 0.4) is 0 Å². The van der Waals surface area contributed by atoms with Gasteiger partial charge >= 0.3 is 5.97 Å². The molecule has 17 N–H and O–H groups in total. The maximum Gasteiger partial charge on any atom is 0.326 e. The third kappa shape index (κ3) is 17.2. The first-order valence-electron chi connectivity index (χ1n) is 25.3. The Morgan fingerprint density at radius 3 is 1.80 bits per heavy atom. The number of hydrogen-bond donors (Lipinski definition) is 12. The summed E-state index contributed by atoms with van der Waals surface area (Å²) in [5, 5.41) is 33.0. The van der Waals surface area contributed by atoms with Crippen LogP contribution >= 0.6 is 0 Å². The van der Waals surface area contributed by atoms with E-state index in [-0.39, 0.29) is 69.5 Å². The molecule has 3 aliphatic heterocycles. The van der Waals surface area contributed by atoms with Gasteiger partial charge in [0.25, 0.3) is 5.91 Å². The Balaban J connectivity index is 1.22. The van der Waals surface area contributed by atoms with Crippen molar-refractivity contribution in [2.75, 3.05) is 45.9 Å². The number of aliphatic hydroxyl groups is 1. The zero-order valence-electron chi connectivity index (χ0n) is 42.3. The van der Waals surface area contributed by atoms with Crippen LogP contribution in [-0.4, -0.2) is 178 Å². The second kappa shape index (κ2) is 29.1. The topological polar surface area (TPSA) is 419 Å². The van der Waals surface area contributed by atoms with Crippen molar-refractivity contribution in [2.24, 2.45) is 38.7 Å². The van der Waals surface area contributed by atoms with Gasteiger partial charge in [0.05, 0.1) is 19.2 Å². The van der Waals surface area contributed by atoms with Crippen LogP contribution < -0.4 is 55.3 Å². The zero-order valence-corrected chi connectivity index (χ0v) is 42.3. The smallest absolute Gasteiger partial charge is 0.326 e. The van der Waals surface area contributed by atoms with E-state index in [1.54, 1.807) is 60.7 Å². The molecule has 0 unspecified atom stereocenters. The molecule has 5 rings (SSSR count). The van der Waals surface area contributed by atoms with Crippen LogP contribution in [0.5, 0.6) is 0 Å². The molecule has 7 atom stereocenters. The first-order chi connectivity index (χ1) is 36.4. The van der Waals surface area contributed by atoms with Gasteiger partial charge in [0.2, 0.25) is 41.4 Å². The number of aliphatic hydroxyl groups excluding tert-OH is 1. The number of amides is 8. The van der Waals surface area contributed by atoms with Crippen LogP contribution in [0.15, 0.2) is 76.3 Å². The third-order valence-corrected chi connectivity index (χ3v) is 13.1. The molecule has 3 aliphatic rings. The van der Waals surface area contributed by atoms with E-state index in [0.29, 0.717) is 62.6 Å². The number of likely N-dealkylation sites (tertiary alicyclic amines) is 3. The molecular formula is C50H71N15O11. The van der Waals surface area contributed by atoms with E-state index in [1.807, 2.05) is 0 Å². The van der Waals surface area contributed by atoms with Gasteiger partial charge in [-0.25, -0.2) is 4.79 Å². The Labute approximate surface area is 439 Å². The van der Waals surface area contributed by atoms with E-state index < -0.39 is 109 Å². The molecule has 0 aliphatic carbocycles. The summed E-state index contributed by atoms with van der Waals surface area (Å²) in [6.07, 6.45) is 4.44. The molecule has 3 fully saturated rings. The number of rotatable bonds is 26. The number of nitrogens with zero attached hydrogens (tertiary/aromatic N) is 5. The fourth-order valence-electron chi connectivity index (χ4n) is 9.28. The number of nitrogens with one attached hydrogen (secondary N) is 5. The number of guanidine groups is 2. The van der Waals surface area contributed by atoms with E-state index in [9.17, 15) is 53.4 Å². The first kappa shape index (κ1) is 58.8. The van der Waals surface area contributed by atoms with Gasteiger partial charge in [0.15, 0.2) is 11.9 Å². The molecule has 26 nitrogen and oxygen atoms in total. The zero-order chi connectivity index (χ0) is 55.3. The molecule has 0 spiro atoms. The van der Waals surface area contributed by atoms with Gasteiger partial charge in [-0.05, 0) is 81.4 Å². The molecule has 3 heterocycles. The van der Waals surface area contributed by atoms with Crippen LogP contribution in [0.25, 0.3) is 6.08 Å². The lowest BCUT2D eigenvalue weighted by Crippen LogP contribution is -2.58. The SMILES string of the molecule is NC(N)=NCCC[C@H](NC(=O)[C@H](Cc1ccccc1)NC(=O)[C@@H]1CCCN1C(=O)[C@H](CO)NC(=O)/C(=C/c1ccccc1)NC(=O)CNC(=O)[C@@H]1CCCN1C(=O)[C@@H]1CCCN1C(=O)[C@@H](N)CCCN=C(N)N)C(=O)O. The van der Waals surface area contributed by atoms with Crippen molar-refractivity contribution >= 4 is 71.2 Å². The highest BCUT2D eigenvalue weighted by Crippen LogP contribution is 2.26. The maximum atomic E-state index is 14.1. The molecule has 0 aromatic heterocycles. The Morgan fingerprint density at radius 1 is 0.658 bits per heavy atom. The first-order valence-corrected chi connectivity index (χ1v) is 25.3. The minimum atomic E-state index is -1.63. The van der Waals surface area contributed by atoms with E-state index in [4.69, 9.17) is 28.7 Å². The van der Waals surface area contributed by atoms with E-state index in [2.05, 4.69) is 36.6 Å². The fraction of sp³-hybridized carbons (Fsp3) is 0.500. The average molecular weight is 1060 g/mol. The van der Waals surface area contributed by atoms with Gasteiger partial charge in [-0.15, -0.1) is 0 Å². The van der Waals surface area contributed by atoms with Gasteiger partial charge in [-0.3, -0.25) is 48.3 Å². The largest absolute Gasteiger partial charge is 0.480 e. The van der Waals surface area contributed by atoms with E-state index in [0.717, 1.165) is 0 Å². The molecule has 26 heteroatoms. The van der Waals surface area contributed by atoms with Gasteiger partial charge in [0, 0.05) is 39.1 Å². The van der Waals surface area contributed by atoms with E-state index in [1.165, 1.54) is 20.8 Å². The highest BCUT2D eigenvalue weighted by atomic mass is 16.4. The lowest BCUT2D eigenvalue weighted by Gasteiger charge is -2.32. The minimum Gasteiger partial charge on any atom is -0.480 e. The molecule has 0 bridgehead atoms. The van der Waals surface area contributed by atoms with Crippen molar-refractivity contribution < 1.29 is 53.4 Å². The predicted molar refractivity (Wildman–Crippen MR) is 278 cm³/mol. The molecule has 3 saturated heterocycles. The van der Waals surface area contributed by atoms with Crippen LogP contribution in [0.2, 0.25) is 0 Å². The lowest BCUT2D eigenvalue weighted by molar-refractivity contribution is -0.147. The molecule has 0 radical (unpaired) electrons. The number of carboxylic acid groups (broad SMARTS) is 1. The molecule has 8 amide bonds. The molecule has 76 heavy (non-hydrogen) atoms. The monoisotopic (exact) mass is 1060 g/mol. The summed E-state index contributed by atoms with van der Waals surface area (Å²) in [5.41, 5.74) is 28.4. The standard InChI is InChI=1S/C50H71N15O11/c51-32(16-7-21-56-49(52)53)45(72)65-25-11-20-39(65)47(74)64-24-9-18-37(64)43(70)58-28-40(67)59-34(26-30-12-3-1-4-13-30)41(68)62-36(29-66)46(73)63-23-10-19-38(63)44(71)61-35(27-31-14-5-2-6-15-31)42(69)60-33(48(75)76)17-8-22-57-50(54)55/h1-6,12-15,26,32-33,35-39,66H,7-11,16-25,27-29,51H2,(H,58,70)(H,59,67)(H,60,69)(H,61,71)(H,62,68)(H,75,76)(H4,52,53,56)(H4,54,55,57)/b34-26-/t32-,33-,35-,36-,37-,38-,39-/m0/s1. The van der Waals surface area contributed by atoms with Crippen molar-refractivity contribution in [3.8, 4) is 0 Å². The van der Waals surface area contributed by atoms with Crippen molar-refractivity contribution in [1.82, 2.24) is 41.3 Å². The summed E-state index contributed by atoms with van der Waals surface area (Å²) in [5.74, 6) is -7.23. The second-order valence-corrected chi connectivity index (χ2v) is 18.7. The molecule has 2 aromatic carbocycles. The second-order valence-electron chi connectivity index (χ2n) is 18.7. The number of carbonyl (C=O) groups is 9. The van der Waals surface area contributed by atoms with Crippen molar-refractivity contribution in [3.05, 3.63) is 77.5 Å². The summed E-state index contributed by atoms with van der Waals surface area (Å²) in [6.45, 7) is -0.545. The summed E-state index contributed by atoms with van der Waals surface area (Å²) in [4.78, 5) is 134. The fourth-order valence-corrected chi connectivity index (χ4v) is 9.28. The number of benzene rings is 2. The van der Waals surface area contributed by atoms with Crippen molar-refractivity contribution in [3.63, 3.8) is 0 Å². The van der Waals surface area contributed by atoms with Gasteiger partial charge in [-0.1, -0.05) is 60.7 Å². The number of aliphatic imine (C=N–C) groups is 2. The Morgan fingerprint density at radius 2 is 1.21 bits per heavy atom. The van der Waals surface area contributed by atoms with Gasteiger partial charge in [-0.2, -0.15) is 0 Å². The van der Waals surface area contributed by atoms with Crippen molar-refractivity contribution in [2.45, 2.75) is 113 Å². The number of hydrogen-bond acceptors (Lipinski definition) is 13. The van der Waals surface area contributed by atoms with Gasteiger partial charge in [0.1, 0.15) is 41.9 Å². The average Bonchev–Trinajstić information content (AvgIpc) is 4.22. The minimum absolute atomic E-state index is 0.0248. The van der Waals surface area contributed by atoms with Crippen LogP contribution in [-0.2, 0) is 49.6 Å². The Hall–Kier alpha value is -8.13. The van der Waals surface area contributed by atoms with Gasteiger partial charge < -0.3 is 80.2 Å². The molecule has 2 aromatic rings. The van der Waals surface area contributed by atoms with Crippen molar-refractivity contribution in [1.29, 1.82) is 0 Å². The Kier molecular flexibility index (Phi) is 22.5. The molecule has 412 valence electrons. The highest BCUT2D eigenvalue weighted by Gasteiger charge is 2.43. The Bertz CT molecular complexity index is 2470. The number of nitrogens with two attached hydrogens (primary N) is 5. The van der Waals surface area contributed by atoms with Crippen LogP contribution in [0.4, 0.5) is 0 Å². The highest BCUT2D eigenvalue weighted by molar-refractivity contribution is 6.04. The van der Waals surface area contributed by atoms with Crippen LogP contribution in [0, 0.1) is 0 Å². The summed E-state index contributed by atoms with van der Waals surface area (Å²) in [6, 6.07) is 8.95. The molecular weight excluding hydrogens is 987 g/mol. The number of carboxylic acids is 1. The number of aliphatic carboxylic acids is 1. The summed E-state index contributed by atoms with van der Waals surface area (Å²) in [7, 11) is 0. The predicted octanol–water partition coefficient (Wildman–Crippen LogP) is -3.56. The third-order valence-electron chi connectivity index (χ3n) is 13.1. The van der Waals surface area contributed by atoms with E-state index >= 15 is 0 Å². The summed E-state index contributed by atoms with van der Waals surface area (Å²) < 4.78 is 0. The summed E-state index contributed by atoms with van der Waals surface area (Å²) >= 11 is 0. The lowest BCUT2D eigenvalue weighted by atomic mass is 10.0. The quantitative estimate of drug-likeness (QED) is 0.0188. The maximum absolute atomic E-state index is 14.1. The normalized spacial score (nSPS) is 18.8.